The van der Waals surface area contributed by atoms with Crippen LogP contribution in [0.2, 0.25) is 0 Å². The molecule has 0 rings (SSSR count). The van der Waals surface area contributed by atoms with Crippen LogP contribution in [-0.2, 0) is 9.53 Å². The van der Waals surface area contributed by atoms with Crippen LogP contribution >= 0.6 is 0 Å². The third kappa shape index (κ3) is 3.32. The molecule has 0 aromatic heterocycles. The van der Waals surface area contributed by atoms with Gasteiger partial charge in [-0.25, -0.2) is 0 Å². The van der Waals surface area contributed by atoms with E-state index in [1.54, 1.807) is 6.92 Å². The number of hydrogen-bond donors (Lipinski definition) is 2. The summed E-state index contributed by atoms with van der Waals surface area (Å²) in [5.41, 5.74) is 10.8. The quantitative estimate of drug-likeness (QED) is 0.606. The molecule has 0 fully saturated rings. The van der Waals surface area contributed by atoms with Crippen LogP contribution in [0.3, 0.4) is 0 Å². The van der Waals surface area contributed by atoms with Crippen LogP contribution in [-0.4, -0.2) is 24.7 Å². The molecule has 0 aromatic carbocycles. The van der Waals surface area contributed by atoms with E-state index in [0.717, 1.165) is 0 Å². The lowest BCUT2D eigenvalue weighted by Crippen LogP contribution is -2.51. The average molecular weight is 188 g/mol. The smallest absolute Gasteiger partial charge is 0.312 e. The van der Waals surface area contributed by atoms with Crippen LogP contribution in [0, 0.1) is 5.92 Å². The topological polar surface area (TPSA) is 78.3 Å². The van der Waals surface area contributed by atoms with Crippen LogP contribution in [0.1, 0.15) is 27.2 Å². The molecule has 4 heteroatoms. The van der Waals surface area contributed by atoms with E-state index in [1.165, 1.54) is 0 Å². The summed E-state index contributed by atoms with van der Waals surface area (Å²) in [5, 5.41) is 0. The Hall–Kier alpha value is -0.610. The number of rotatable bonds is 5. The number of ether oxygens (including phenoxy) is 1. The van der Waals surface area contributed by atoms with E-state index >= 15 is 0 Å². The number of nitrogens with two attached hydrogens (primary N) is 2. The van der Waals surface area contributed by atoms with Crippen molar-refractivity contribution in [2.75, 3.05) is 13.2 Å². The number of carbonyl (C=O) groups excluding carboxylic acids is 1. The molecule has 0 heterocycles. The van der Waals surface area contributed by atoms with Crippen molar-refractivity contribution in [2.24, 2.45) is 17.4 Å². The van der Waals surface area contributed by atoms with E-state index < -0.39 is 11.5 Å². The minimum atomic E-state index is -0.568. The first kappa shape index (κ1) is 12.4. The molecule has 0 unspecified atom stereocenters. The Balaban J connectivity index is 4.40. The van der Waals surface area contributed by atoms with Crippen LogP contribution in [0.15, 0.2) is 0 Å². The summed E-state index contributed by atoms with van der Waals surface area (Å²) >= 11 is 0. The second kappa shape index (κ2) is 5.19. The SMILES string of the molecule is CCOC(=O)[C@@H](CN)[C@](C)(N)CC. The highest BCUT2D eigenvalue weighted by atomic mass is 16.5. The highest BCUT2D eigenvalue weighted by molar-refractivity contribution is 5.74. The zero-order valence-corrected chi connectivity index (χ0v) is 8.67. The van der Waals surface area contributed by atoms with E-state index in [1.807, 2.05) is 13.8 Å². The zero-order chi connectivity index (χ0) is 10.5. The third-order valence-corrected chi connectivity index (χ3v) is 2.36. The number of esters is 1. The van der Waals surface area contributed by atoms with E-state index in [-0.39, 0.29) is 12.5 Å². The molecule has 0 amide bonds. The number of hydrogen-bond acceptors (Lipinski definition) is 4. The van der Waals surface area contributed by atoms with Gasteiger partial charge in [-0.05, 0) is 20.3 Å². The highest BCUT2D eigenvalue weighted by Gasteiger charge is 2.34. The lowest BCUT2D eigenvalue weighted by atomic mass is 9.84. The maximum atomic E-state index is 11.4. The Morgan fingerprint density at radius 1 is 1.54 bits per heavy atom. The van der Waals surface area contributed by atoms with E-state index in [4.69, 9.17) is 16.2 Å². The highest BCUT2D eigenvalue weighted by Crippen LogP contribution is 2.18. The van der Waals surface area contributed by atoms with Gasteiger partial charge >= 0.3 is 5.97 Å². The van der Waals surface area contributed by atoms with Crippen molar-refractivity contribution in [2.45, 2.75) is 32.7 Å². The molecule has 0 saturated carbocycles. The molecule has 0 spiro atoms. The Bertz CT molecular complexity index is 169. The van der Waals surface area contributed by atoms with Crippen LogP contribution in [0.25, 0.3) is 0 Å². The predicted molar refractivity (Wildman–Crippen MR) is 52.1 cm³/mol. The average Bonchev–Trinajstić information content (AvgIpc) is 2.05. The van der Waals surface area contributed by atoms with Crippen LogP contribution in [0.5, 0.6) is 0 Å². The second-order valence-corrected chi connectivity index (χ2v) is 3.40. The van der Waals surface area contributed by atoms with Gasteiger partial charge in [-0.3, -0.25) is 4.79 Å². The Kier molecular flexibility index (Phi) is 4.95. The summed E-state index contributed by atoms with van der Waals surface area (Å²) in [4.78, 5) is 11.4. The monoisotopic (exact) mass is 188 g/mol. The van der Waals surface area contributed by atoms with Crippen molar-refractivity contribution in [1.82, 2.24) is 0 Å². The summed E-state index contributed by atoms with van der Waals surface area (Å²) in [7, 11) is 0. The van der Waals surface area contributed by atoms with Gasteiger partial charge in [-0.15, -0.1) is 0 Å². The molecule has 0 aliphatic carbocycles. The van der Waals surface area contributed by atoms with Gasteiger partial charge in [0.15, 0.2) is 0 Å². The first-order valence-corrected chi connectivity index (χ1v) is 4.65. The maximum Gasteiger partial charge on any atom is 0.312 e. The van der Waals surface area contributed by atoms with Crippen LogP contribution in [0.4, 0.5) is 0 Å². The molecule has 4 nitrogen and oxygen atoms in total. The molecule has 0 aliphatic rings. The van der Waals surface area contributed by atoms with E-state index in [9.17, 15) is 4.79 Å². The van der Waals surface area contributed by atoms with Crippen molar-refractivity contribution < 1.29 is 9.53 Å². The Morgan fingerprint density at radius 3 is 2.38 bits per heavy atom. The molecule has 0 aliphatic heterocycles. The van der Waals surface area contributed by atoms with Crippen molar-refractivity contribution in [3.8, 4) is 0 Å². The predicted octanol–water partition coefficient (Wildman–Crippen LogP) is 0.252. The van der Waals surface area contributed by atoms with Gasteiger partial charge < -0.3 is 16.2 Å². The summed E-state index contributed by atoms with van der Waals surface area (Å²) in [5.74, 6) is -0.700. The minimum absolute atomic E-state index is 0.236. The van der Waals surface area contributed by atoms with E-state index in [2.05, 4.69) is 0 Å². The molecule has 0 saturated heterocycles. The lowest BCUT2D eigenvalue weighted by Gasteiger charge is -2.30. The van der Waals surface area contributed by atoms with E-state index in [0.29, 0.717) is 13.0 Å². The molecular weight excluding hydrogens is 168 g/mol. The Labute approximate surface area is 79.6 Å². The normalized spacial score (nSPS) is 17.6. The van der Waals surface area contributed by atoms with Crippen molar-refractivity contribution in [3.63, 3.8) is 0 Å². The molecule has 0 aromatic rings. The maximum absolute atomic E-state index is 11.4. The van der Waals surface area contributed by atoms with Crippen molar-refractivity contribution >= 4 is 5.97 Å². The minimum Gasteiger partial charge on any atom is -0.466 e. The molecule has 78 valence electrons. The van der Waals surface area contributed by atoms with Crippen molar-refractivity contribution in [3.05, 3.63) is 0 Å². The number of carbonyl (C=O) groups is 1. The fourth-order valence-corrected chi connectivity index (χ4v) is 1.12. The molecule has 0 bridgehead atoms. The van der Waals surface area contributed by atoms with Gasteiger partial charge in [0, 0.05) is 12.1 Å². The fraction of sp³-hybridized carbons (Fsp3) is 0.889. The third-order valence-electron chi connectivity index (χ3n) is 2.36. The van der Waals surface area contributed by atoms with Crippen LogP contribution < -0.4 is 11.5 Å². The lowest BCUT2D eigenvalue weighted by molar-refractivity contribution is -0.149. The van der Waals surface area contributed by atoms with Gasteiger partial charge in [0.1, 0.15) is 0 Å². The molecule has 0 radical (unpaired) electrons. The van der Waals surface area contributed by atoms with Gasteiger partial charge in [-0.2, -0.15) is 0 Å². The molecular formula is C9H20N2O2. The fourth-order valence-electron chi connectivity index (χ4n) is 1.12. The second-order valence-electron chi connectivity index (χ2n) is 3.40. The largest absolute Gasteiger partial charge is 0.466 e. The summed E-state index contributed by atoms with van der Waals surface area (Å²) in [6, 6.07) is 0. The van der Waals surface area contributed by atoms with Crippen molar-refractivity contribution in [1.29, 1.82) is 0 Å². The van der Waals surface area contributed by atoms with Gasteiger partial charge in [0.25, 0.3) is 0 Å². The first-order chi connectivity index (χ1) is 5.99. The van der Waals surface area contributed by atoms with Gasteiger partial charge in [0.2, 0.25) is 0 Å². The summed E-state index contributed by atoms with van der Waals surface area (Å²) in [6.45, 7) is 6.13. The van der Waals surface area contributed by atoms with Gasteiger partial charge in [0.05, 0.1) is 12.5 Å². The molecule has 4 N–H and O–H groups in total. The molecule has 2 atom stereocenters. The first-order valence-electron chi connectivity index (χ1n) is 4.65. The Morgan fingerprint density at radius 2 is 2.08 bits per heavy atom. The standard InChI is InChI=1S/C9H20N2O2/c1-4-9(3,11)7(6-10)8(12)13-5-2/h7H,4-6,10-11H2,1-3H3/t7-,9-/m1/s1. The summed E-state index contributed by atoms with van der Waals surface area (Å²) < 4.78 is 4.88. The van der Waals surface area contributed by atoms with Gasteiger partial charge in [-0.1, -0.05) is 6.92 Å². The summed E-state index contributed by atoms with van der Waals surface area (Å²) in [6.07, 6.45) is 0.702. The molecule has 13 heavy (non-hydrogen) atoms. The zero-order valence-electron chi connectivity index (χ0n) is 8.67.